The molecule has 0 bridgehead atoms. The molecule has 0 spiro atoms. The van der Waals surface area contributed by atoms with Crippen molar-refractivity contribution in [2.24, 2.45) is 10.9 Å². The Morgan fingerprint density at radius 2 is 2.17 bits per heavy atom. The second-order valence-corrected chi connectivity index (χ2v) is 6.47. The topological polar surface area (TPSA) is 45.5 Å². The van der Waals surface area contributed by atoms with Crippen LogP contribution in [-0.4, -0.2) is 47.1 Å². The zero-order valence-electron chi connectivity index (χ0n) is 14.8. The van der Waals surface area contributed by atoms with Gasteiger partial charge in [0.2, 0.25) is 0 Å². The molecule has 1 aromatic heterocycles. The highest BCUT2D eigenvalue weighted by Crippen LogP contribution is 2.16. The fraction of sp³-hybridized carbons (Fsp3) is 0.556. The van der Waals surface area contributed by atoms with Gasteiger partial charge in [-0.25, -0.2) is 4.98 Å². The highest BCUT2D eigenvalue weighted by Gasteiger charge is 2.19. The van der Waals surface area contributed by atoms with Crippen molar-refractivity contribution in [1.82, 2.24) is 19.8 Å². The van der Waals surface area contributed by atoms with Gasteiger partial charge < -0.3 is 14.8 Å². The largest absolute Gasteiger partial charge is 0.354 e. The third kappa shape index (κ3) is 4.20. The number of nitrogens with zero attached hydrogens (tertiary/aromatic N) is 4. The lowest BCUT2D eigenvalue weighted by Gasteiger charge is -2.33. The summed E-state index contributed by atoms with van der Waals surface area (Å²) in [6.07, 6.45) is 2.58. The molecule has 2 heterocycles. The quantitative estimate of drug-likeness (QED) is 0.452. The van der Waals surface area contributed by atoms with Crippen molar-refractivity contribution >= 4 is 41.0 Å². The lowest BCUT2D eigenvalue weighted by molar-refractivity contribution is 0.266. The van der Waals surface area contributed by atoms with Crippen molar-refractivity contribution in [3.05, 3.63) is 30.1 Å². The van der Waals surface area contributed by atoms with Crippen LogP contribution in [0.3, 0.4) is 0 Å². The Morgan fingerprint density at radius 1 is 1.38 bits per heavy atom. The summed E-state index contributed by atoms with van der Waals surface area (Å²) in [5.41, 5.74) is 2.27. The van der Waals surface area contributed by atoms with Crippen molar-refractivity contribution < 1.29 is 0 Å². The van der Waals surface area contributed by atoms with E-state index in [0.29, 0.717) is 0 Å². The van der Waals surface area contributed by atoms with Crippen molar-refractivity contribution in [2.75, 3.05) is 26.7 Å². The van der Waals surface area contributed by atoms with Crippen molar-refractivity contribution in [1.29, 1.82) is 0 Å². The van der Waals surface area contributed by atoms with E-state index in [1.165, 1.54) is 18.4 Å². The summed E-state index contributed by atoms with van der Waals surface area (Å²) in [6.45, 7) is 8.36. The second-order valence-electron chi connectivity index (χ2n) is 6.47. The van der Waals surface area contributed by atoms with E-state index in [4.69, 9.17) is 0 Å². The summed E-state index contributed by atoms with van der Waals surface area (Å²) < 4.78 is 2.27. The van der Waals surface area contributed by atoms with Gasteiger partial charge in [0, 0.05) is 33.2 Å². The average molecular weight is 441 g/mol. The lowest BCUT2D eigenvalue weighted by Crippen LogP contribution is -2.46. The fourth-order valence-electron chi connectivity index (χ4n) is 3.47. The first-order valence-electron chi connectivity index (χ1n) is 8.56. The Kier molecular flexibility index (Phi) is 6.89. The first-order chi connectivity index (χ1) is 11.2. The highest BCUT2D eigenvalue weighted by molar-refractivity contribution is 14.0. The van der Waals surface area contributed by atoms with Gasteiger partial charge >= 0.3 is 0 Å². The molecule has 1 fully saturated rings. The summed E-state index contributed by atoms with van der Waals surface area (Å²) >= 11 is 0. The van der Waals surface area contributed by atoms with Crippen LogP contribution in [0.25, 0.3) is 11.0 Å². The standard InChI is InChI=1S/C18H27N5.HI/c1-14-7-6-11-22(13-14)18(19-3)20-10-12-23-15(2)21-16-8-4-5-9-17(16)23;/h4-5,8-9,14H,6-7,10-13H2,1-3H3,(H,19,20);1H. The van der Waals surface area contributed by atoms with E-state index < -0.39 is 0 Å². The molecule has 1 unspecified atom stereocenters. The van der Waals surface area contributed by atoms with Gasteiger partial charge in [-0.2, -0.15) is 0 Å². The number of piperidine rings is 1. The number of guanidine groups is 1. The molecule has 1 aliphatic heterocycles. The van der Waals surface area contributed by atoms with Gasteiger partial charge in [-0.05, 0) is 37.8 Å². The molecule has 3 rings (SSSR count). The zero-order chi connectivity index (χ0) is 16.2. The van der Waals surface area contributed by atoms with Gasteiger partial charge in [0.25, 0.3) is 0 Å². The van der Waals surface area contributed by atoms with E-state index in [2.05, 4.69) is 56.8 Å². The number of benzene rings is 1. The summed E-state index contributed by atoms with van der Waals surface area (Å²) in [7, 11) is 1.87. The minimum Gasteiger partial charge on any atom is -0.354 e. The maximum Gasteiger partial charge on any atom is 0.193 e. The number of likely N-dealkylation sites (tertiary alicyclic amines) is 1. The van der Waals surface area contributed by atoms with Crippen LogP contribution in [0.15, 0.2) is 29.3 Å². The molecular weight excluding hydrogens is 413 g/mol. The molecule has 2 aromatic rings. The maximum atomic E-state index is 4.63. The van der Waals surface area contributed by atoms with E-state index in [1.807, 2.05) is 13.1 Å². The van der Waals surface area contributed by atoms with Crippen LogP contribution in [0, 0.1) is 12.8 Å². The third-order valence-electron chi connectivity index (χ3n) is 4.63. The molecule has 1 aromatic carbocycles. The van der Waals surface area contributed by atoms with Crippen LogP contribution in [0.4, 0.5) is 0 Å². The van der Waals surface area contributed by atoms with Crippen LogP contribution in [0.5, 0.6) is 0 Å². The van der Waals surface area contributed by atoms with Crippen LogP contribution >= 0.6 is 24.0 Å². The Morgan fingerprint density at radius 3 is 2.92 bits per heavy atom. The Bertz CT molecular complexity index is 694. The van der Waals surface area contributed by atoms with E-state index in [9.17, 15) is 0 Å². The van der Waals surface area contributed by atoms with E-state index in [1.54, 1.807) is 0 Å². The molecule has 1 aliphatic rings. The predicted octanol–water partition coefficient (Wildman–Crippen LogP) is 3.27. The van der Waals surface area contributed by atoms with E-state index in [-0.39, 0.29) is 24.0 Å². The second kappa shape index (κ2) is 8.69. The van der Waals surface area contributed by atoms with Crippen molar-refractivity contribution in [2.45, 2.75) is 33.2 Å². The molecule has 0 amide bonds. The SMILES string of the molecule is CN=C(NCCn1c(C)nc2ccccc21)N1CCCC(C)C1.I. The minimum absolute atomic E-state index is 0. The van der Waals surface area contributed by atoms with E-state index in [0.717, 1.165) is 49.4 Å². The van der Waals surface area contributed by atoms with Gasteiger partial charge in [-0.3, -0.25) is 4.99 Å². The fourth-order valence-corrected chi connectivity index (χ4v) is 3.47. The molecular formula is C18H28IN5. The summed E-state index contributed by atoms with van der Waals surface area (Å²) in [5.74, 6) is 2.84. The number of aliphatic imine (C=N–C) groups is 1. The smallest absolute Gasteiger partial charge is 0.193 e. The first kappa shape index (κ1) is 19.0. The number of nitrogens with one attached hydrogen (secondary N) is 1. The van der Waals surface area contributed by atoms with Crippen LogP contribution < -0.4 is 5.32 Å². The number of hydrogen-bond acceptors (Lipinski definition) is 2. The Balaban J connectivity index is 0.00000208. The molecule has 0 saturated carbocycles. The Hall–Kier alpha value is -1.31. The summed E-state index contributed by atoms with van der Waals surface area (Å²) in [4.78, 5) is 11.5. The summed E-state index contributed by atoms with van der Waals surface area (Å²) in [6, 6.07) is 8.31. The monoisotopic (exact) mass is 441 g/mol. The van der Waals surface area contributed by atoms with Gasteiger partial charge in [0.1, 0.15) is 5.82 Å². The number of para-hydroxylation sites is 2. The van der Waals surface area contributed by atoms with Gasteiger partial charge in [-0.1, -0.05) is 19.1 Å². The van der Waals surface area contributed by atoms with Gasteiger partial charge in [-0.15, -0.1) is 24.0 Å². The summed E-state index contributed by atoms with van der Waals surface area (Å²) in [5, 5.41) is 3.52. The van der Waals surface area contributed by atoms with Crippen molar-refractivity contribution in [3.63, 3.8) is 0 Å². The van der Waals surface area contributed by atoms with Gasteiger partial charge in [0.05, 0.1) is 11.0 Å². The van der Waals surface area contributed by atoms with Crippen molar-refractivity contribution in [3.8, 4) is 0 Å². The normalized spacial score (nSPS) is 18.5. The van der Waals surface area contributed by atoms with Crippen LogP contribution in [0.2, 0.25) is 0 Å². The minimum atomic E-state index is 0. The number of imidazole rings is 1. The Labute approximate surface area is 161 Å². The predicted molar refractivity (Wildman–Crippen MR) is 111 cm³/mol. The first-order valence-corrected chi connectivity index (χ1v) is 8.56. The molecule has 5 nitrogen and oxygen atoms in total. The molecule has 132 valence electrons. The highest BCUT2D eigenvalue weighted by atomic mass is 127. The van der Waals surface area contributed by atoms with Crippen LogP contribution in [-0.2, 0) is 6.54 Å². The average Bonchev–Trinajstić information content (AvgIpc) is 2.87. The number of aromatic nitrogens is 2. The number of halogens is 1. The lowest BCUT2D eigenvalue weighted by atomic mass is 10.0. The maximum absolute atomic E-state index is 4.63. The van der Waals surface area contributed by atoms with Crippen LogP contribution in [0.1, 0.15) is 25.6 Å². The molecule has 1 N–H and O–H groups in total. The number of hydrogen-bond donors (Lipinski definition) is 1. The molecule has 1 saturated heterocycles. The van der Waals surface area contributed by atoms with Gasteiger partial charge in [0.15, 0.2) is 5.96 Å². The molecule has 0 radical (unpaired) electrons. The number of rotatable bonds is 3. The molecule has 24 heavy (non-hydrogen) atoms. The number of fused-ring (bicyclic) bond motifs is 1. The molecule has 1 atom stereocenters. The van der Waals surface area contributed by atoms with E-state index >= 15 is 0 Å². The molecule has 0 aliphatic carbocycles. The number of aryl methyl sites for hydroxylation is 1. The third-order valence-corrected chi connectivity index (χ3v) is 4.63. The zero-order valence-corrected chi connectivity index (χ0v) is 17.2. The molecule has 6 heteroatoms.